The van der Waals surface area contributed by atoms with Gasteiger partial charge in [-0.3, -0.25) is 0 Å². The summed E-state index contributed by atoms with van der Waals surface area (Å²) in [6, 6.07) is 7.01. The van der Waals surface area contributed by atoms with Gasteiger partial charge in [-0.25, -0.2) is 4.39 Å². The van der Waals surface area contributed by atoms with Crippen LogP contribution in [-0.4, -0.2) is 25.3 Å². The first-order chi connectivity index (χ1) is 9.38. The van der Waals surface area contributed by atoms with Crippen molar-refractivity contribution in [3.63, 3.8) is 0 Å². The van der Waals surface area contributed by atoms with E-state index in [1.807, 2.05) is 13.0 Å². The molecule has 2 nitrogen and oxygen atoms in total. The molecule has 1 rings (SSSR count). The van der Waals surface area contributed by atoms with Crippen molar-refractivity contribution in [1.29, 1.82) is 0 Å². The molecule has 1 N–H and O–H groups in total. The van der Waals surface area contributed by atoms with E-state index in [1.54, 1.807) is 12.1 Å². The van der Waals surface area contributed by atoms with Crippen LogP contribution < -0.4 is 5.32 Å². The van der Waals surface area contributed by atoms with Crippen LogP contribution >= 0.6 is 0 Å². The molecule has 0 saturated heterocycles. The first-order valence-electron chi connectivity index (χ1n) is 7.47. The fraction of sp³-hybridized carbons (Fsp3) is 0.647. The van der Waals surface area contributed by atoms with E-state index in [-0.39, 0.29) is 23.4 Å². The SMILES string of the molecule is CCNC(Cc1cccc(F)c1)C(OCC)C(C)(C)C. The van der Waals surface area contributed by atoms with Gasteiger partial charge in [0.15, 0.2) is 0 Å². The number of hydrogen-bond acceptors (Lipinski definition) is 2. The molecule has 3 heteroatoms. The lowest BCUT2D eigenvalue weighted by molar-refractivity contribution is -0.0352. The highest BCUT2D eigenvalue weighted by Crippen LogP contribution is 2.27. The Labute approximate surface area is 122 Å². The molecule has 0 bridgehead atoms. The molecule has 0 fully saturated rings. The lowest BCUT2D eigenvalue weighted by Crippen LogP contribution is -2.49. The van der Waals surface area contributed by atoms with Crippen LogP contribution in [0.25, 0.3) is 0 Å². The first kappa shape index (κ1) is 17.1. The fourth-order valence-corrected chi connectivity index (χ4v) is 2.62. The summed E-state index contributed by atoms with van der Waals surface area (Å²) in [6.07, 6.45) is 0.865. The van der Waals surface area contributed by atoms with Crippen molar-refractivity contribution in [1.82, 2.24) is 5.32 Å². The Morgan fingerprint density at radius 1 is 1.25 bits per heavy atom. The molecule has 0 saturated carbocycles. The van der Waals surface area contributed by atoms with E-state index in [4.69, 9.17) is 4.74 Å². The van der Waals surface area contributed by atoms with Gasteiger partial charge >= 0.3 is 0 Å². The zero-order valence-electron chi connectivity index (χ0n) is 13.4. The van der Waals surface area contributed by atoms with Crippen molar-refractivity contribution in [2.24, 2.45) is 5.41 Å². The van der Waals surface area contributed by atoms with Crippen molar-refractivity contribution in [3.05, 3.63) is 35.6 Å². The van der Waals surface area contributed by atoms with Crippen molar-refractivity contribution in [3.8, 4) is 0 Å². The summed E-state index contributed by atoms with van der Waals surface area (Å²) < 4.78 is 19.3. The largest absolute Gasteiger partial charge is 0.376 e. The summed E-state index contributed by atoms with van der Waals surface area (Å²) in [4.78, 5) is 0. The average molecular weight is 281 g/mol. The molecule has 0 radical (unpaired) electrons. The van der Waals surface area contributed by atoms with Crippen LogP contribution in [0.15, 0.2) is 24.3 Å². The van der Waals surface area contributed by atoms with Gasteiger partial charge in [0.2, 0.25) is 0 Å². The Morgan fingerprint density at radius 2 is 1.95 bits per heavy atom. The highest BCUT2D eigenvalue weighted by molar-refractivity contribution is 5.18. The lowest BCUT2D eigenvalue weighted by atomic mass is 9.82. The van der Waals surface area contributed by atoms with Crippen LogP contribution in [0, 0.1) is 11.2 Å². The summed E-state index contributed by atoms with van der Waals surface area (Å²) >= 11 is 0. The van der Waals surface area contributed by atoms with E-state index in [2.05, 4.69) is 33.0 Å². The summed E-state index contributed by atoms with van der Waals surface area (Å²) in [5.41, 5.74) is 1.04. The molecule has 0 spiro atoms. The average Bonchev–Trinajstić information content (AvgIpc) is 2.34. The van der Waals surface area contributed by atoms with E-state index in [9.17, 15) is 4.39 Å². The molecule has 0 aliphatic heterocycles. The normalized spacial score (nSPS) is 15.1. The summed E-state index contributed by atoms with van der Waals surface area (Å²) in [7, 11) is 0. The predicted molar refractivity (Wildman–Crippen MR) is 82.4 cm³/mol. The van der Waals surface area contributed by atoms with Crippen molar-refractivity contribution in [2.45, 2.75) is 53.2 Å². The maximum atomic E-state index is 13.3. The number of likely N-dealkylation sites (N-methyl/N-ethyl adjacent to an activating group) is 1. The minimum atomic E-state index is -0.179. The molecule has 1 aromatic rings. The minimum Gasteiger partial charge on any atom is -0.376 e. The van der Waals surface area contributed by atoms with E-state index in [0.29, 0.717) is 6.61 Å². The molecule has 0 aromatic heterocycles. The van der Waals surface area contributed by atoms with Crippen LogP contribution in [0.3, 0.4) is 0 Å². The van der Waals surface area contributed by atoms with Gasteiger partial charge in [-0.1, -0.05) is 39.8 Å². The Hall–Kier alpha value is -0.930. The lowest BCUT2D eigenvalue weighted by Gasteiger charge is -2.37. The van der Waals surface area contributed by atoms with Gasteiger partial charge in [0.1, 0.15) is 5.82 Å². The number of ether oxygens (including phenoxy) is 1. The van der Waals surface area contributed by atoms with Crippen LogP contribution in [0.4, 0.5) is 4.39 Å². The first-order valence-corrected chi connectivity index (χ1v) is 7.47. The number of nitrogens with one attached hydrogen (secondary N) is 1. The second-order valence-corrected chi connectivity index (χ2v) is 6.24. The van der Waals surface area contributed by atoms with Gasteiger partial charge in [0.25, 0.3) is 0 Å². The smallest absolute Gasteiger partial charge is 0.123 e. The third kappa shape index (κ3) is 5.22. The monoisotopic (exact) mass is 281 g/mol. The molecule has 0 aliphatic carbocycles. The predicted octanol–water partition coefficient (Wildman–Crippen LogP) is 3.80. The fourth-order valence-electron chi connectivity index (χ4n) is 2.62. The van der Waals surface area contributed by atoms with Gasteiger partial charge in [-0.2, -0.15) is 0 Å². The number of hydrogen-bond donors (Lipinski definition) is 1. The van der Waals surface area contributed by atoms with Gasteiger partial charge in [-0.15, -0.1) is 0 Å². The maximum Gasteiger partial charge on any atom is 0.123 e. The molecule has 0 aliphatic rings. The Bertz CT molecular complexity index is 400. The topological polar surface area (TPSA) is 21.3 Å². The third-order valence-electron chi connectivity index (χ3n) is 3.38. The number of benzene rings is 1. The summed E-state index contributed by atoms with van der Waals surface area (Å²) in [5.74, 6) is -0.179. The Kier molecular flexibility index (Phi) is 6.63. The van der Waals surface area contributed by atoms with E-state index >= 15 is 0 Å². The molecule has 20 heavy (non-hydrogen) atoms. The van der Waals surface area contributed by atoms with E-state index < -0.39 is 0 Å². The van der Waals surface area contributed by atoms with Crippen molar-refractivity contribution in [2.75, 3.05) is 13.2 Å². The molecule has 2 atom stereocenters. The maximum absolute atomic E-state index is 13.3. The van der Waals surface area contributed by atoms with E-state index in [0.717, 1.165) is 18.5 Å². The standard InChI is InChI=1S/C17H28FNO/c1-6-19-15(16(20-7-2)17(3,4)5)12-13-9-8-10-14(18)11-13/h8-11,15-16,19H,6-7,12H2,1-5H3. The number of rotatable bonds is 7. The zero-order chi connectivity index (χ0) is 15.2. The number of halogens is 1. The highest BCUT2D eigenvalue weighted by atomic mass is 19.1. The Morgan fingerprint density at radius 3 is 2.45 bits per heavy atom. The Balaban J connectivity index is 2.90. The van der Waals surface area contributed by atoms with Crippen molar-refractivity contribution >= 4 is 0 Å². The van der Waals surface area contributed by atoms with Crippen LogP contribution in [0.5, 0.6) is 0 Å². The molecule has 2 unspecified atom stereocenters. The second kappa shape index (κ2) is 7.75. The summed E-state index contributed by atoms with van der Waals surface area (Å²) in [5, 5.41) is 3.49. The summed E-state index contributed by atoms with van der Waals surface area (Å²) in [6.45, 7) is 12.2. The van der Waals surface area contributed by atoms with Gasteiger partial charge in [0.05, 0.1) is 6.10 Å². The zero-order valence-corrected chi connectivity index (χ0v) is 13.4. The minimum absolute atomic E-state index is 0.0379. The van der Waals surface area contributed by atoms with Crippen LogP contribution in [0.1, 0.15) is 40.2 Å². The van der Waals surface area contributed by atoms with Crippen LogP contribution in [-0.2, 0) is 11.2 Å². The van der Waals surface area contributed by atoms with Crippen molar-refractivity contribution < 1.29 is 9.13 Å². The molecule has 0 heterocycles. The van der Waals surface area contributed by atoms with Gasteiger partial charge in [-0.05, 0) is 43.0 Å². The van der Waals surface area contributed by atoms with Crippen LogP contribution in [0.2, 0.25) is 0 Å². The van der Waals surface area contributed by atoms with Gasteiger partial charge in [0, 0.05) is 12.6 Å². The van der Waals surface area contributed by atoms with E-state index in [1.165, 1.54) is 6.07 Å². The molecular formula is C17H28FNO. The molecular weight excluding hydrogens is 253 g/mol. The quantitative estimate of drug-likeness (QED) is 0.821. The van der Waals surface area contributed by atoms with Gasteiger partial charge < -0.3 is 10.1 Å². The molecule has 0 amide bonds. The third-order valence-corrected chi connectivity index (χ3v) is 3.38. The highest BCUT2D eigenvalue weighted by Gasteiger charge is 2.32. The molecule has 1 aromatic carbocycles. The molecule has 114 valence electrons. The second-order valence-electron chi connectivity index (χ2n) is 6.24.